The maximum absolute atomic E-state index is 11.6. The van der Waals surface area contributed by atoms with Crippen LogP contribution in [0.1, 0.15) is 27.2 Å². The third kappa shape index (κ3) is 3.70. The van der Waals surface area contributed by atoms with Crippen molar-refractivity contribution >= 4 is 6.09 Å². The van der Waals surface area contributed by atoms with E-state index in [9.17, 15) is 4.79 Å². The van der Waals surface area contributed by atoms with Gasteiger partial charge in [0.1, 0.15) is 0 Å². The van der Waals surface area contributed by atoms with Crippen LogP contribution in [-0.2, 0) is 4.74 Å². The highest BCUT2D eigenvalue weighted by Crippen LogP contribution is 2.19. The minimum atomic E-state index is -0.188. The highest BCUT2D eigenvalue weighted by molar-refractivity contribution is 5.67. The van der Waals surface area contributed by atoms with Crippen LogP contribution in [0.25, 0.3) is 0 Å². The van der Waals surface area contributed by atoms with Crippen molar-refractivity contribution in [3.63, 3.8) is 0 Å². The first-order chi connectivity index (χ1) is 7.00. The van der Waals surface area contributed by atoms with Gasteiger partial charge < -0.3 is 15.4 Å². The molecule has 1 saturated heterocycles. The zero-order valence-electron chi connectivity index (χ0n) is 9.90. The molecule has 1 fully saturated rings. The topological polar surface area (TPSA) is 55.6 Å². The van der Waals surface area contributed by atoms with Crippen molar-refractivity contribution in [2.45, 2.75) is 33.2 Å². The lowest BCUT2D eigenvalue weighted by Gasteiger charge is -2.18. The van der Waals surface area contributed by atoms with E-state index in [4.69, 9.17) is 10.5 Å². The second kappa shape index (κ2) is 5.35. The number of amides is 1. The molecule has 0 aromatic rings. The molecule has 1 aliphatic rings. The summed E-state index contributed by atoms with van der Waals surface area (Å²) in [7, 11) is 0. The van der Waals surface area contributed by atoms with Crippen molar-refractivity contribution in [1.29, 1.82) is 0 Å². The fraction of sp³-hybridized carbons (Fsp3) is 0.909. The molecule has 1 rings (SSSR count). The Morgan fingerprint density at radius 1 is 1.53 bits per heavy atom. The molecule has 1 amide bonds. The number of likely N-dealkylation sites (tertiary alicyclic amines) is 1. The van der Waals surface area contributed by atoms with Crippen molar-refractivity contribution in [3.05, 3.63) is 0 Å². The maximum Gasteiger partial charge on any atom is 0.409 e. The summed E-state index contributed by atoms with van der Waals surface area (Å²) in [6.07, 6.45) is 0.806. The van der Waals surface area contributed by atoms with Crippen LogP contribution >= 0.6 is 0 Å². The van der Waals surface area contributed by atoms with Gasteiger partial charge in [-0.15, -0.1) is 0 Å². The average Bonchev–Trinajstić information content (AvgIpc) is 2.62. The Bertz CT molecular complexity index is 217. The Hall–Kier alpha value is -0.770. The van der Waals surface area contributed by atoms with Crippen molar-refractivity contribution in [2.24, 2.45) is 17.6 Å². The third-order valence-electron chi connectivity index (χ3n) is 2.77. The summed E-state index contributed by atoms with van der Waals surface area (Å²) in [6, 6.07) is 0.160. The standard InChI is InChI=1S/C11H22N2O2/c1-8(2)7-15-11(14)13-5-4-10(6-13)9(3)12/h8-10H,4-7,12H2,1-3H3. The number of carbonyl (C=O) groups excluding carboxylic acids is 1. The first-order valence-electron chi connectivity index (χ1n) is 5.68. The molecule has 0 radical (unpaired) electrons. The van der Waals surface area contributed by atoms with E-state index in [1.54, 1.807) is 4.90 Å². The van der Waals surface area contributed by atoms with Gasteiger partial charge in [-0.05, 0) is 25.2 Å². The Morgan fingerprint density at radius 2 is 2.20 bits per heavy atom. The SMILES string of the molecule is CC(C)COC(=O)N1CCC(C(C)N)C1. The van der Waals surface area contributed by atoms with Crippen LogP contribution in [-0.4, -0.2) is 36.7 Å². The van der Waals surface area contributed by atoms with Gasteiger partial charge in [0.2, 0.25) is 0 Å². The molecule has 0 aromatic heterocycles. The number of nitrogens with zero attached hydrogens (tertiary/aromatic N) is 1. The third-order valence-corrected chi connectivity index (χ3v) is 2.77. The monoisotopic (exact) mass is 214 g/mol. The summed E-state index contributed by atoms with van der Waals surface area (Å²) in [5, 5.41) is 0. The van der Waals surface area contributed by atoms with Crippen molar-refractivity contribution in [1.82, 2.24) is 4.90 Å². The van der Waals surface area contributed by atoms with Gasteiger partial charge >= 0.3 is 6.09 Å². The van der Waals surface area contributed by atoms with Gasteiger partial charge in [-0.25, -0.2) is 4.79 Å². The Kier molecular flexibility index (Phi) is 4.39. The molecule has 4 heteroatoms. The Labute approximate surface area is 91.8 Å². The van der Waals surface area contributed by atoms with Crippen LogP contribution in [0.3, 0.4) is 0 Å². The first-order valence-corrected chi connectivity index (χ1v) is 5.68. The van der Waals surface area contributed by atoms with E-state index >= 15 is 0 Å². The van der Waals surface area contributed by atoms with Gasteiger partial charge in [0.05, 0.1) is 6.61 Å². The molecule has 0 aromatic carbocycles. The molecule has 2 N–H and O–H groups in total. The summed E-state index contributed by atoms with van der Waals surface area (Å²) in [4.78, 5) is 13.3. The highest BCUT2D eigenvalue weighted by atomic mass is 16.6. The van der Waals surface area contributed by atoms with E-state index in [0.717, 1.165) is 19.5 Å². The van der Waals surface area contributed by atoms with Crippen molar-refractivity contribution in [2.75, 3.05) is 19.7 Å². The summed E-state index contributed by atoms with van der Waals surface area (Å²) in [5.74, 6) is 0.817. The van der Waals surface area contributed by atoms with Gasteiger partial charge in [-0.2, -0.15) is 0 Å². The summed E-state index contributed by atoms with van der Waals surface area (Å²) < 4.78 is 5.16. The van der Waals surface area contributed by atoms with E-state index in [1.807, 2.05) is 20.8 Å². The number of ether oxygens (including phenoxy) is 1. The number of carbonyl (C=O) groups is 1. The largest absolute Gasteiger partial charge is 0.449 e. The second-order valence-corrected chi connectivity index (χ2v) is 4.82. The van der Waals surface area contributed by atoms with Crippen LogP contribution in [0.5, 0.6) is 0 Å². The molecular weight excluding hydrogens is 192 g/mol. The molecule has 4 nitrogen and oxygen atoms in total. The van der Waals surface area contributed by atoms with Crippen LogP contribution in [0.2, 0.25) is 0 Å². The molecule has 88 valence electrons. The Balaban J connectivity index is 2.30. The summed E-state index contributed by atoms with van der Waals surface area (Å²) >= 11 is 0. The summed E-state index contributed by atoms with van der Waals surface area (Å²) in [5.41, 5.74) is 5.80. The van der Waals surface area contributed by atoms with Crippen LogP contribution in [0.4, 0.5) is 4.79 Å². The number of hydrogen-bond acceptors (Lipinski definition) is 3. The lowest BCUT2D eigenvalue weighted by molar-refractivity contribution is 0.0981. The first kappa shape index (κ1) is 12.3. The van der Waals surface area contributed by atoms with E-state index in [1.165, 1.54) is 0 Å². The van der Waals surface area contributed by atoms with Gasteiger partial charge in [-0.3, -0.25) is 0 Å². The minimum Gasteiger partial charge on any atom is -0.449 e. The molecular formula is C11H22N2O2. The quantitative estimate of drug-likeness (QED) is 0.773. The van der Waals surface area contributed by atoms with Gasteiger partial charge in [0, 0.05) is 19.1 Å². The fourth-order valence-electron chi connectivity index (χ4n) is 1.71. The van der Waals surface area contributed by atoms with Gasteiger partial charge in [0.25, 0.3) is 0 Å². The molecule has 15 heavy (non-hydrogen) atoms. The maximum atomic E-state index is 11.6. The molecule has 1 aliphatic heterocycles. The van der Waals surface area contributed by atoms with Crippen LogP contribution < -0.4 is 5.73 Å². The second-order valence-electron chi connectivity index (χ2n) is 4.82. The molecule has 0 aliphatic carbocycles. The number of hydrogen-bond donors (Lipinski definition) is 1. The molecule has 2 unspecified atom stereocenters. The zero-order valence-corrected chi connectivity index (χ0v) is 9.90. The van der Waals surface area contributed by atoms with Crippen LogP contribution in [0, 0.1) is 11.8 Å². The lowest BCUT2D eigenvalue weighted by atomic mass is 10.0. The van der Waals surface area contributed by atoms with E-state index in [2.05, 4.69) is 0 Å². The van der Waals surface area contributed by atoms with Gasteiger partial charge in [-0.1, -0.05) is 13.8 Å². The molecule has 0 bridgehead atoms. The average molecular weight is 214 g/mol. The highest BCUT2D eigenvalue weighted by Gasteiger charge is 2.29. The number of nitrogens with two attached hydrogens (primary N) is 1. The van der Waals surface area contributed by atoms with E-state index in [0.29, 0.717) is 18.4 Å². The van der Waals surface area contributed by atoms with Gasteiger partial charge in [0.15, 0.2) is 0 Å². The summed E-state index contributed by atoms with van der Waals surface area (Å²) in [6.45, 7) is 8.08. The fourth-order valence-corrected chi connectivity index (χ4v) is 1.71. The molecule has 1 heterocycles. The smallest absolute Gasteiger partial charge is 0.409 e. The predicted octanol–water partition coefficient (Wildman–Crippen LogP) is 1.45. The minimum absolute atomic E-state index is 0.160. The lowest BCUT2D eigenvalue weighted by Crippen LogP contribution is -2.33. The molecule has 2 atom stereocenters. The van der Waals surface area contributed by atoms with Crippen molar-refractivity contribution in [3.8, 4) is 0 Å². The number of rotatable bonds is 3. The Morgan fingerprint density at radius 3 is 2.67 bits per heavy atom. The molecule has 0 spiro atoms. The van der Waals surface area contributed by atoms with Crippen molar-refractivity contribution < 1.29 is 9.53 Å². The van der Waals surface area contributed by atoms with E-state index < -0.39 is 0 Å². The predicted molar refractivity (Wildman–Crippen MR) is 59.5 cm³/mol. The zero-order chi connectivity index (χ0) is 11.4. The normalized spacial score (nSPS) is 23.3. The molecule has 0 saturated carbocycles. The van der Waals surface area contributed by atoms with E-state index in [-0.39, 0.29) is 12.1 Å². The van der Waals surface area contributed by atoms with Crippen LogP contribution in [0.15, 0.2) is 0 Å².